The van der Waals surface area contributed by atoms with Crippen molar-refractivity contribution in [3.8, 4) is 11.3 Å². The zero-order valence-corrected chi connectivity index (χ0v) is 21.7. The summed E-state index contributed by atoms with van der Waals surface area (Å²) >= 11 is 0.694. The highest BCUT2D eigenvalue weighted by Gasteiger charge is 2.36. The van der Waals surface area contributed by atoms with Gasteiger partial charge in [-0.15, -0.1) is 0 Å². The average Bonchev–Trinajstić information content (AvgIpc) is 3.49. The Morgan fingerprint density at radius 2 is 1.90 bits per heavy atom. The van der Waals surface area contributed by atoms with E-state index in [9.17, 15) is 24.5 Å². The van der Waals surface area contributed by atoms with Gasteiger partial charge in [0.15, 0.2) is 0 Å². The van der Waals surface area contributed by atoms with E-state index in [-0.39, 0.29) is 22.1 Å². The van der Waals surface area contributed by atoms with Crippen LogP contribution in [-0.4, -0.2) is 59.7 Å². The van der Waals surface area contributed by atoms with Crippen molar-refractivity contribution in [2.45, 2.75) is 6.92 Å². The Balaban J connectivity index is 1.28. The third kappa shape index (κ3) is 5.71. The minimum absolute atomic E-state index is 0.0841. The van der Waals surface area contributed by atoms with E-state index in [1.165, 1.54) is 12.1 Å². The number of amides is 3. The predicted octanol–water partition coefficient (Wildman–Crippen LogP) is 4.67. The van der Waals surface area contributed by atoms with Crippen molar-refractivity contribution in [2.75, 3.05) is 43.1 Å². The number of nitrogens with one attached hydrogen (secondary N) is 1. The summed E-state index contributed by atoms with van der Waals surface area (Å²) in [4.78, 5) is 52.4. The van der Waals surface area contributed by atoms with Crippen molar-refractivity contribution >= 4 is 52.0 Å². The molecule has 3 amide bonds. The molecule has 200 valence electrons. The second-order valence-corrected chi connectivity index (χ2v) is 9.91. The Bertz CT molecular complexity index is 1490. The maximum Gasteiger partial charge on any atom is 0.294 e. The Kier molecular flexibility index (Phi) is 7.48. The van der Waals surface area contributed by atoms with Gasteiger partial charge in [0.05, 0.1) is 40.0 Å². The molecule has 2 aliphatic heterocycles. The van der Waals surface area contributed by atoms with E-state index in [0.717, 1.165) is 16.2 Å². The molecule has 0 aliphatic carbocycles. The van der Waals surface area contributed by atoms with E-state index >= 15 is 0 Å². The second-order valence-electron chi connectivity index (χ2n) is 8.91. The fourth-order valence-electron chi connectivity index (χ4n) is 4.33. The normalized spacial score (nSPS) is 16.7. The number of para-hydroxylation sites is 2. The zero-order chi connectivity index (χ0) is 27.5. The molecule has 0 spiro atoms. The van der Waals surface area contributed by atoms with Crippen LogP contribution in [0.25, 0.3) is 17.4 Å². The molecule has 3 aromatic rings. The fourth-order valence-corrected chi connectivity index (χ4v) is 5.15. The van der Waals surface area contributed by atoms with Crippen LogP contribution in [-0.2, 0) is 14.3 Å². The zero-order valence-electron chi connectivity index (χ0n) is 20.9. The van der Waals surface area contributed by atoms with Gasteiger partial charge < -0.3 is 19.4 Å². The summed E-state index contributed by atoms with van der Waals surface area (Å²) in [5.74, 6) is -0.633. The molecule has 2 aliphatic rings. The number of carbonyl (C=O) groups is 3. The summed E-state index contributed by atoms with van der Waals surface area (Å²) < 4.78 is 11.1. The van der Waals surface area contributed by atoms with E-state index in [4.69, 9.17) is 9.15 Å². The molecule has 2 saturated heterocycles. The largest absolute Gasteiger partial charge is 0.456 e. The van der Waals surface area contributed by atoms with Gasteiger partial charge in [0.25, 0.3) is 16.8 Å². The minimum atomic E-state index is -0.624. The number of hydrogen-bond donors (Lipinski definition) is 1. The quantitative estimate of drug-likeness (QED) is 0.254. The first kappa shape index (κ1) is 26.2. The van der Waals surface area contributed by atoms with Crippen molar-refractivity contribution in [3.63, 3.8) is 0 Å². The lowest BCUT2D eigenvalue weighted by Crippen LogP contribution is -2.38. The van der Waals surface area contributed by atoms with Gasteiger partial charge in [-0.3, -0.25) is 29.4 Å². The molecule has 0 unspecified atom stereocenters. The molecule has 12 heteroatoms. The van der Waals surface area contributed by atoms with Crippen LogP contribution in [0.15, 0.2) is 63.9 Å². The van der Waals surface area contributed by atoms with E-state index in [1.807, 2.05) is 12.1 Å². The Morgan fingerprint density at radius 3 is 2.67 bits per heavy atom. The molecule has 1 N–H and O–H groups in total. The standard InChI is InChI=1S/C27H24N4O7S/c1-17-6-8-19(22(14-17)31(35)36)23-9-7-18(38-23)15-24-26(33)30(27(34)39-24)16-25(32)28-20-4-2-3-5-21(20)29-10-12-37-13-11-29/h2-9,14-15H,10-13,16H2,1H3,(H,28,32)/b24-15+. The number of ether oxygens (including phenoxy) is 1. The summed E-state index contributed by atoms with van der Waals surface area (Å²) in [7, 11) is 0. The Labute approximate surface area is 227 Å². The lowest BCUT2D eigenvalue weighted by atomic mass is 10.1. The SMILES string of the molecule is Cc1ccc(-c2ccc(/C=C3/SC(=O)N(CC(=O)Nc4ccccc4N4CCOCC4)C3=O)o2)c([N+](=O)[O-])c1. The number of nitro groups is 1. The third-order valence-electron chi connectivity index (χ3n) is 6.22. The van der Waals surface area contributed by atoms with Crippen LogP contribution in [0.2, 0.25) is 0 Å². The van der Waals surface area contributed by atoms with Gasteiger partial charge in [-0.1, -0.05) is 18.2 Å². The van der Waals surface area contributed by atoms with Crippen LogP contribution in [0.1, 0.15) is 11.3 Å². The maximum atomic E-state index is 13.0. The number of aryl methyl sites for hydroxylation is 1. The molecule has 2 aromatic carbocycles. The predicted molar refractivity (Wildman–Crippen MR) is 146 cm³/mol. The second kappa shape index (κ2) is 11.1. The van der Waals surface area contributed by atoms with Crippen LogP contribution in [0.4, 0.5) is 21.9 Å². The van der Waals surface area contributed by atoms with Crippen LogP contribution in [0, 0.1) is 17.0 Å². The van der Waals surface area contributed by atoms with Crippen LogP contribution in [0.5, 0.6) is 0 Å². The van der Waals surface area contributed by atoms with E-state index in [0.29, 0.717) is 49.3 Å². The molecule has 0 bridgehead atoms. The first-order valence-corrected chi connectivity index (χ1v) is 12.9. The highest BCUT2D eigenvalue weighted by molar-refractivity contribution is 8.18. The molecule has 1 aromatic heterocycles. The molecule has 3 heterocycles. The van der Waals surface area contributed by atoms with Crippen LogP contribution < -0.4 is 10.2 Å². The van der Waals surface area contributed by atoms with E-state index < -0.39 is 28.5 Å². The molecule has 39 heavy (non-hydrogen) atoms. The van der Waals surface area contributed by atoms with Gasteiger partial charge in [-0.2, -0.15) is 0 Å². The molecular formula is C27H24N4O7S. The molecular weight excluding hydrogens is 524 g/mol. The number of anilines is 2. The van der Waals surface area contributed by atoms with Gasteiger partial charge in [-0.05, 0) is 54.6 Å². The van der Waals surface area contributed by atoms with Crippen molar-refractivity contribution in [1.29, 1.82) is 0 Å². The molecule has 2 fully saturated rings. The number of nitro benzene ring substituents is 1. The molecule has 5 rings (SSSR count). The first-order valence-electron chi connectivity index (χ1n) is 12.1. The van der Waals surface area contributed by atoms with Gasteiger partial charge in [0, 0.05) is 25.2 Å². The number of benzene rings is 2. The van der Waals surface area contributed by atoms with Gasteiger partial charge in [0.2, 0.25) is 5.91 Å². The van der Waals surface area contributed by atoms with Crippen molar-refractivity contribution in [1.82, 2.24) is 4.90 Å². The number of morpholine rings is 1. The van der Waals surface area contributed by atoms with E-state index in [1.54, 1.807) is 43.3 Å². The number of thioether (sulfide) groups is 1. The minimum Gasteiger partial charge on any atom is -0.456 e. The highest BCUT2D eigenvalue weighted by atomic mass is 32.2. The number of carbonyl (C=O) groups excluding carboxylic acids is 3. The van der Waals surface area contributed by atoms with Gasteiger partial charge >= 0.3 is 0 Å². The van der Waals surface area contributed by atoms with Crippen molar-refractivity contribution < 1.29 is 28.5 Å². The summed E-state index contributed by atoms with van der Waals surface area (Å²) in [6.07, 6.45) is 1.39. The summed E-state index contributed by atoms with van der Waals surface area (Å²) in [5, 5.41) is 13.7. The van der Waals surface area contributed by atoms with Crippen molar-refractivity contribution in [3.05, 3.63) is 80.9 Å². The number of imide groups is 1. The third-order valence-corrected chi connectivity index (χ3v) is 7.13. The summed E-state index contributed by atoms with van der Waals surface area (Å²) in [5.41, 5.74) is 2.36. The Morgan fingerprint density at radius 1 is 1.13 bits per heavy atom. The number of hydrogen-bond acceptors (Lipinski definition) is 9. The number of nitrogens with zero attached hydrogens (tertiary/aromatic N) is 3. The maximum absolute atomic E-state index is 13.0. The smallest absolute Gasteiger partial charge is 0.294 e. The van der Waals surface area contributed by atoms with E-state index in [2.05, 4.69) is 10.2 Å². The lowest BCUT2D eigenvalue weighted by molar-refractivity contribution is -0.384. The topological polar surface area (TPSA) is 135 Å². The van der Waals surface area contributed by atoms with Crippen LogP contribution >= 0.6 is 11.8 Å². The molecule has 11 nitrogen and oxygen atoms in total. The number of rotatable bonds is 7. The highest BCUT2D eigenvalue weighted by Crippen LogP contribution is 2.35. The molecule has 0 atom stereocenters. The van der Waals surface area contributed by atoms with Crippen LogP contribution in [0.3, 0.4) is 0 Å². The van der Waals surface area contributed by atoms with Gasteiger partial charge in [0.1, 0.15) is 18.1 Å². The molecule has 0 radical (unpaired) electrons. The average molecular weight is 549 g/mol. The first-order chi connectivity index (χ1) is 18.8. The monoisotopic (exact) mass is 548 g/mol. The Hall–Kier alpha value is -4.42. The lowest BCUT2D eigenvalue weighted by Gasteiger charge is -2.30. The summed E-state index contributed by atoms with van der Waals surface area (Å²) in [6, 6.07) is 15.2. The fraction of sp³-hybridized carbons (Fsp3) is 0.222. The van der Waals surface area contributed by atoms with Gasteiger partial charge in [-0.25, -0.2) is 0 Å². The molecule has 0 saturated carbocycles. The summed E-state index contributed by atoms with van der Waals surface area (Å²) in [6.45, 7) is 3.86. The number of furan rings is 1. The van der Waals surface area contributed by atoms with Crippen molar-refractivity contribution in [2.24, 2.45) is 0 Å².